The lowest BCUT2D eigenvalue weighted by Crippen LogP contribution is -2.70. The van der Waals surface area contributed by atoms with Gasteiger partial charge in [0.25, 0.3) is 0 Å². The molecule has 8 rings (SSSR count). The number of halogens is 3. The van der Waals surface area contributed by atoms with E-state index < -0.39 is 84.2 Å². The maximum atomic E-state index is 15.4. The standard InChI is InChI=1S/C40H44F3N3O10/c1-45(28(35(49)44-17-18-47)19-23-7-3-2-4-8-23)37(51)38-20-29-31-32(55-40(54-31,26-12-13-26)27-14-15-27)34(38)56-46(33(38)36(50)53-29)21-25-10-6-5-9-24(25)11-16-30(48)52-22-39(41,42)43/h2-11,16,26-29,31-34,47H,12-15,17-22H2,1H3,(H,44,49). The third kappa shape index (κ3) is 7.10. The average molecular weight is 784 g/mol. The summed E-state index contributed by atoms with van der Waals surface area (Å²) in [5.41, 5.74) is 0.142. The summed E-state index contributed by atoms with van der Waals surface area (Å²) in [6.45, 7) is -2.17. The molecule has 2 N–H and O–H groups in total. The number of ether oxygens (including phenoxy) is 4. The van der Waals surface area contributed by atoms with E-state index in [4.69, 9.17) is 19.0 Å². The first kappa shape index (κ1) is 38.5. The third-order valence-electron chi connectivity index (χ3n) is 11.8. The van der Waals surface area contributed by atoms with Crippen LogP contribution in [-0.4, -0.2) is 114 Å². The normalized spacial score (nSPS) is 29.7. The van der Waals surface area contributed by atoms with E-state index in [0.29, 0.717) is 11.1 Å². The third-order valence-corrected chi connectivity index (χ3v) is 11.8. The molecule has 2 bridgehead atoms. The molecule has 3 saturated carbocycles. The van der Waals surface area contributed by atoms with Crippen LogP contribution in [0.25, 0.3) is 6.08 Å². The van der Waals surface area contributed by atoms with Crippen LogP contribution in [-0.2, 0) is 55.9 Å². The van der Waals surface area contributed by atoms with Gasteiger partial charge in [-0.25, -0.2) is 4.79 Å². The van der Waals surface area contributed by atoms with Crippen molar-refractivity contribution in [1.82, 2.24) is 15.3 Å². The van der Waals surface area contributed by atoms with Crippen LogP contribution in [0, 0.1) is 17.3 Å². The minimum absolute atomic E-state index is 0.0267. The number of amides is 2. The lowest BCUT2D eigenvalue weighted by molar-refractivity contribution is -0.235. The van der Waals surface area contributed by atoms with Gasteiger partial charge in [0.05, 0.1) is 13.2 Å². The fourth-order valence-corrected chi connectivity index (χ4v) is 9.02. The molecule has 6 fully saturated rings. The van der Waals surface area contributed by atoms with Gasteiger partial charge in [0.2, 0.25) is 11.8 Å². The van der Waals surface area contributed by atoms with E-state index in [9.17, 15) is 32.7 Å². The molecule has 2 amide bonds. The van der Waals surface area contributed by atoms with Gasteiger partial charge in [0, 0.05) is 44.3 Å². The minimum Gasteiger partial charge on any atom is -0.458 e. The molecule has 300 valence electrons. The van der Waals surface area contributed by atoms with E-state index in [-0.39, 0.29) is 44.4 Å². The molecule has 16 heteroatoms. The summed E-state index contributed by atoms with van der Waals surface area (Å²) in [6, 6.07) is 13.6. The van der Waals surface area contributed by atoms with E-state index in [0.717, 1.165) is 37.3 Å². The van der Waals surface area contributed by atoms with Gasteiger partial charge in [0.1, 0.15) is 35.9 Å². The number of benzene rings is 2. The van der Waals surface area contributed by atoms with Crippen molar-refractivity contribution >= 4 is 29.8 Å². The van der Waals surface area contributed by atoms with Crippen molar-refractivity contribution < 1.29 is 61.2 Å². The van der Waals surface area contributed by atoms with E-state index in [1.807, 2.05) is 30.3 Å². The summed E-state index contributed by atoms with van der Waals surface area (Å²) in [6.07, 6.45) is -2.01. The second kappa shape index (κ2) is 14.9. The lowest BCUT2D eigenvalue weighted by Gasteiger charge is -2.50. The number of fused-ring (bicyclic) bond motifs is 4. The van der Waals surface area contributed by atoms with Crippen LogP contribution >= 0.6 is 0 Å². The highest BCUT2D eigenvalue weighted by molar-refractivity contribution is 5.96. The summed E-state index contributed by atoms with van der Waals surface area (Å²) in [5.74, 6) is -3.48. The molecule has 13 nitrogen and oxygen atoms in total. The molecule has 0 radical (unpaired) electrons. The molecular formula is C40H44F3N3O10. The van der Waals surface area contributed by atoms with Crippen LogP contribution in [0.1, 0.15) is 48.8 Å². The molecule has 56 heavy (non-hydrogen) atoms. The molecule has 2 aromatic carbocycles. The zero-order valence-electron chi connectivity index (χ0n) is 30.7. The van der Waals surface area contributed by atoms with Crippen LogP contribution in [0.2, 0.25) is 0 Å². The van der Waals surface area contributed by atoms with Gasteiger partial charge in [-0.05, 0) is 48.4 Å². The Morgan fingerprint density at radius 3 is 2.39 bits per heavy atom. The molecule has 3 aliphatic heterocycles. The van der Waals surface area contributed by atoms with Crippen LogP contribution in [0.15, 0.2) is 60.7 Å². The fourth-order valence-electron chi connectivity index (χ4n) is 9.02. The van der Waals surface area contributed by atoms with E-state index in [1.54, 1.807) is 24.3 Å². The second-order valence-electron chi connectivity index (χ2n) is 15.5. The number of nitrogens with zero attached hydrogens (tertiary/aromatic N) is 2. The summed E-state index contributed by atoms with van der Waals surface area (Å²) in [7, 11) is 1.52. The SMILES string of the molecule is CN(C(=O)C12CC3OC(=O)C1N(Cc1ccccc1C=CC(=O)OCC(F)(F)F)OC2C1OC(C2CC2)(C2CC2)OC31)C(Cc1ccccc1)C(=O)NCCO. The monoisotopic (exact) mass is 783 g/mol. The Morgan fingerprint density at radius 1 is 1.04 bits per heavy atom. The zero-order chi connectivity index (χ0) is 39.4. The average Bonchev–Trinajstić information content (AvgIpc) is 4.13. The number of rotatable bonds is 14. The molecule has 2 aromatic rings. The number of hydrogen-bond donors (Lipinski definition) is 2. The number of carbonyl (C=O) groups excluding carboxylic acids is 4. The molecule has 3 aliphatic carbocycles. The molecule has 6 aliphatic rings. The molecule has 0 aromatic heterocycles. The second-order valence-corrected chi connectivity index (χ2v) is 15.5. The first-order valence-corrected chi connectivity index (χ1v) is 19.0. The first-order valence-electron chi connectivity index (χ1n) is 19.0. The number of aliphatic hydroxyl groups is 1. The highest BCUT2D eigenvalue weighted by atomic mass is 19.4. The van der Waals surface area contributed by atoms with E-state index >= 15 is 4.79 Å². The van der Waals surface area contributed by atoms with Crippen molar-refractivity contribution in [3.8, 4) is 0 Å². The maximum absolute atomic E-state index is 15.4. The molecular weight excluding hydrogens is 739 g/mol. The number of likely N-dealkylation sites (N-methyl/N-ethyl adjacent to an activating group) is 1. The first-order chi connectivity index (χ1) is 26.8. The van der Waals surface area contributed by atoms with Gasteiger partial charge in [0.15, 0.2) is 18.4 Å². The van der Waals surface area contributed by atoms with Crippen molar-refractivity contribution in [2.24, 2.45) is 17.3 Å². The van der Waals surface area contributed by atoms with Crippen LogP contribution in [0.4, 0.5) is 13.2 Å². The summed E-state index contributed by atoms with van der Waals surface area (Å²) < 4.78 is 62.2. The summed E-state index contributed by atoms with van der Waals surface area (Å²) in [5, 5.41) is 13.6. The van der Waals surface area contributed by atoms with Crippen LogP contribution in [0.5, 0.6) is 0 Å². The number of nitrogens with one attached hydrogen (secondary N) is 1. The Balaban J connectivity index is 1.15. The fraction of sp³-hybridized carbons (Fsp3) is 0.550. The number of hydrogen-bond acceptors (Lipinski definition) is 11. The van der Waals surface area contributed by atoms with Crippen molar-refractivity contribution in [3.05, 3.63) is 77.4 Å². The molecule has 7 atom stereocenters. The Kier molecular flexibility index (Phi) is 10.2. The Labute approximate surface area is 321 Å². The number of esters is 2. The Hall–Kier alpha value is -4.35. The number of hydroxylamine groups is 2. The summed E-state index contributed by atoms with van der Waals surface area (Å²) >= 11 is 0. The summed E-state index contributed by atoms with van der Waals surface area (Å²) in [4.78, 5) is 63.7. The van der Waals surface area contributed by atoms with Gasteiger partial charge in [-0.1, -0.05) is 54.6 Å². The molecule has 0 spiro atoms. The lowest BCUT2D eigenvalue weighted by atomic mass is 9.62. The Morgan fingerprint density at radius 2 is 1.71 bits per heavy atom. The number of aliphatic hydroxyl groups excluding tert-OH is 1. The van der Waals surface area contributed by atoms with Crippen molar-refractivity contribution in [2.45, 2.75) is 93.5 Å². The van der Waals surface area contributed by atoms with Crippen LogP contribution in [0.3, 0.4) is 0 Å². The largest absolute Gasteiger partial charge is 0.458 e. The van der Waals surface area contributed by atoms with Crippen molar-refractivity contribution in [2.75, 3.05) is 26.8 Å². The van der Waals surface area contributed by atoms with E-state index in [2.05, 4.69) is 10.1 Å². The Bertz CT molecular complexity index is 1860. The quantitative estimate of drug-likeness (QED) is 0.215. The number of carbonyl (C=O) groups is 4. The predicted molar refractivity (Wildman–Crippen MR) is 188 cm³/mol. The van der Waals surface area contributed by atoms with Gasteiger partial charge in [-0.3, -0.25) is 19.2 Å². The van der Waals surface area contributed by atoms with Crippen molar-refractivity contribution in [3.63, 3.8) is 0 Å². The van der Waals surface area contributed by atoms with Gasteiger partial charge in [-0.15, -0.1) is 0 Å². The van der Waals surface area contributed by atoms with Crippen molar-refractivity contribution in [1.29, 1.82) is 0 Å². The zero-order valence-corrected chi connectivity index (χ0v) is 30.7. The number of alkyl halides is 3. The molecule has 3 saturated heterocycles. The highest BCUT2D eigenvalue weighted by Gasteiger charge is 2.78. The maximum Gasteiger partial charge on any atom is 0.422 e. The predicted octanol–water partition coefficient (Wildman–Crippen LogP) is 3.08. The van der Waals surface area contributed by atoms with Gasteiger partial charge in [-0.2, -0.15) is 18.2 Å². The topological polar surface area (TPSA) is 153 Å². The van der Waals surface area contributed by atoms with E-state index in [1.165, 1.54) is 23.1 Å². The minimum atomic E-state index is -4.69. The molecule has 7 unspecified atom stereocenters. The smallest absolute Gasteiger partial charge is 0.422 e. The van der Waals surface area contributed by atoms with Crippen LogP contribution < -0.4 is 5.32 Å². The highest BCUT2D eigenvalue weighted by Crippen LogP contribution is 2.64. The molecule has 3 heterocycles. The van der Waals surface area contributed by atoms with Gasteiger partial charge >= 0.3 is 18.1 Å². The van der Waals surface area contributed by atoms with Gasteiger partial charge < -0.3 is 34.3 Å².